The molecule has 1 aliphatic rings. The summed E-state index contributed by atoms with van der Waals surface area (Å²) in [5.41, 5.74) is 0.904. The van der Waals surface area contributed by atoms with Crippen LogP contribution < -0.4 is 0 Å². The van der Waals surface area contributed by atoms with Crippen molar-refractivity contribution in [2.24, 2.45) is 0 Å². The lowest BCUT2D eigenvalue weighted by atomic mass is 9.98. The lowest BCUT2D eigenvalue weighted by Crippen LogP contribution is -2.38. The van der Waals surface area contributed by atoms with Crippen LogP contribution in [0.1, 0.15) is 45.8 Å². The Kier molecular flexibility index (Phi) is 5.22. The number of benzene rings is 1. The Bertz CT molecular complexity index is 941. The Labute approximate surface area is 164 Å². The average molecular weight is 406 g/mol. The molecule has 27 heavy (non-hydrogen) atoms. The first-order chi connectivity index (χ1) is 13.1. The second kappa shape index (κ2) is 7.78. The summed E-state index contributed by atoms with van der Waals surface area (Å²) in [5.74, 6) is 0.776. The Morgan fingerprint density at radius 1 is 1.26 bits per heavy atom. The number of hydrogen-bond donors (Lipinski definition) is 0. The number of rotatable bonds is 4. The van der Waals surface area contributed by atoms with E-state index in [4.69, 9.17) is 16.0 Å². The number of piperidine rings is 1. The summed E-state index contributed by atoms with van der Waals surface area (Å²) in [6, 6.07) is 9.72. The zero-order valence-corrected chi connectivity index (χ0v) is 16.0. The maximum Gasteiger partial charge on any atom is 0.263 e. The van der Waals surface area contributed by atoms with E-state index in [0.717, 1.165) is 18.4 Å². The van der Waals surface area contributed by atoms with Crippen LogP contribution >= 0.6 is 22.9 Å². The third kappa shape index (κ3) is 4.20. The van der Waals surface area contributed by atoms with Crippen LogP contribution in [0.25, 0.3) is 0 Å². The Balaban J connectivity index is 1.43. The molecule has 1 fully saturated rings. The minimum atomic E-state index is -0.274. The largest absolute Gasteiger partial charge is 0.425 e. The fraction of sp³-hybridized carbons (Fsp3) is 0.316. The molecular formula is C19H17ClFN3O2S. The molecule has 3 aromatic rings. The highest BCUT2D eigenvalue weighted by molar-refractivity contribution is 7.17. The van der Waals surface area contributed by atoms with Gasteiger partial charge in [-0.2, -0.15) is 0 Å². The topological polar surface area (TPSA) is 59.2 Å². The molecule has 1 aromatic carbocycles. The van der Waals surface area contributed by atoms with Crippen LogP contribution in [0.2, 0.25) is 4.34 Å². The standard InChI is InChI=1S/C19H17ClFN3O2S/c20-16-8-7-15(27-16)19(25)24-9-1-2-13(11-24)18-23-22-17(26-18)10-12-3-5-14(21)6-4-12/h3-8,13H,1-2,9-11H2. The number of halogens is 2. The van der Waals surface area contributed by atoms with Crippen LogP contribution in [0.4, 0.5) is 4.39 Å². The van der Waals surface area contributed by atoms with Crippen LogP contribution in [0.5, 0.6) is 0 Å². The molecule has 1 saturated heterocycles. The van der Waals surface area contributed by atoms with Crippen molar-refractivity contribution < 1.29 is 13.6 Å². The van der Waals surface area contributed by atoms with Crippen LogP contribution in [0, 0.1) is 5.82 Å². The molecule has 0 saturated carbocycles. The van der Waals surface area contributed by atoms with Crippen LogP contribution in [0.15, 0.2) is 40.8 Å². The quantitative estimate of drug-likeness (QED) is 0.639. The molecule has 3 heterocycles. The third-order valence-electron chi connectivity index (χ3n) is 4.59. The lowest BCUT2D eigenvalue weighted by molar-refractivity contribution is 0.0703. The first kappa shape index (κ1) is 18.1. The molecule has 0 aliphatic carbocycles. The summed E-state index contributed by atoms with van der Waals surface area (Å²) in [4.78, 5) is 15.1. The highest BCUT2D eigenvalue weighted by Crippen LogP contribution is 2.29. The minimum absolute atomic E-state index is 0.0114. The molecule has 5 nitrogen and oxygen atoms in total. The SMILES string of the molecule is O=C(c1ccc(Cl)s1)N1CCCC(c2nnc(Cc3ccc(F)cc3)o2)C1. The molecule has 1 aliphatic heterocycles. The number of aromatic nitrogens is 2. The molecule has 0 bridgehead atoms. The number of carbonyl (C=O) groups excluding carboxylic acids is 1. The van der Waals surface area contributed by atoms with Gasteiger partial charge in [0, 0.05) is 13.1 Å². The molecule has 0 spiro atoms. The normalized spacial score (nSPS) is 17.3. The van der Waals surface area contributed by atoms with E-state index in [0.29, 0.717) is 40.5 Å². The Morgan fingerprint density at radius 3 is 2.81 bits per heavy atom. The van der Waals surface area contributed by atoms with Gasteiger partial charge in [-0.3, -0.25) is 4.79 Å². The van der Waals surface area contributed by atoms with Gasteiger partial charge in [0.25, 0.3) is 5.91 Å². The minimum Gasteiger partial charge on any atom is -0.425 e. The molecule has 140 valence electrons. The fourth-order valence-electron chi connectivity index (χ4n) is 3.23. The van der Waals surface area contributed by atoms with Crippen molar-refractivity contribution in [1.82, 2.24) is 15.1 Å². The van der Waals surface area contributed by atoms with Gasteiger partial charge in [0.2, 0.25) is 11.8 Å². The van der Waals surface area contributed by atoms with E-state index in [1.54, 1.807) is 24.3 Å². The molecular weight excluding hydrogens is 389 g/mol. The van der Waals surface area contributed by atoms with Gasteiger partial charge in [-0.15, -0.1) is 21.5 Å². The summed E-state index contributed by atoms with van der Waals surface area (Å²) < 4.78 is 19.4. The second-order valence-corrected chi connectivity index (χ2v) is 8.25. The highest BCUT2D eigenvalue weighted by atomic mass is 35.5. The first-order valence-electron chi connectivity index (χ1n) is 8.70. The van der Waals surface area contributed by atoms with Gasteiger partial charge in [0.05, 0.1) is 21.6 Å². The Morgan fingerprint density at radius 2 is 2.07 bits per heavy atom. The van der Waals surface area contributed by atoms with Crippen molar-refractivity contribution in [3.63, 3.8) is 0 Å². The van der Waals surface area contributed by atoms with E-state index >= 15 is 0 Å². The fourth-order valence-corrected chi connectivity index (χ4v) is 4.24. The average Bonchev–Trinajstić information content (AvgIpc) is 3.32. The van der Waals surface area contributed by atoms with Crippen molar-refractivity contribution in [3.05, 3.63) is 68.8 Å². The molecule has 1 atom stereocenters. The smallest absolute Gasteiger partial charge is 0.263 e. The predicted molar refractivity (Wildman–Crippen MR) is 101 cm³/mol. The van der Waals surface area contributed by atoms with E-state index in [9.17, 15) is 9.18 Å². The summed E-state index contributed by atoms with van der Waals surface area (Å²) in [6.07, 6.45) is 2.23. The summed E-state index contributed by atoms with van der Waals surface area (Å²) in [5, 5.41) is 8.29. The van der Waals surface area contributed by atoms with Crippen molar-refractivity contribution in [3.8, 4) is 0 Å². The monoisotopic (exact) mass is 405 g/mol. The number of thiophene rings is 1. The van der Waals surface area contributed by atoms with Crippen molar-refractivity contribution in [2.45, 2.75) is 25.2 Å². The maximum absolute atomic E-state index is 13.0. The van der Waals surface area contributed by atoms with Gasteiger partial charge >= 0.3 is 0 Å². The zero-order chi connectivity index (χ0) is 18.8. The molecule has 4 rings (SSSR count). The number of amides is 1. The van der Waals surface area contributed by atoms with Gasteiger partial charge < -0.3 is 9.32 Å². The molecule has 1 amide bonds. The summed E-state index contributed by atoms with van der Waals surface area (Å²) >= 11 is 7.23. The Hall–Kier alpha value is -2.25. The number of hydrogen-bond acceptors (Lipinski definition) is 5. The number of nitrogens with zero attached hydrogens (tertiary/aromatic N) is 3. The van der Waals surface area contributed by atoms with Gasteiger partial charge in [-0.1, -0.05) is 23.7 Å². The molecule has 0 N–H and O–H groups in total. The third-order valence-corrected chi connectivity index (χ3v) is 5.81. The van der Waals surface area contributed by atoms with Gasteiger partial charge in [-0.25, -0.2) is 4.39 Å². The van der Waals surface area contributed by atoms with E-state index in [1.165, 1.54) is 23.5 Å². The van der Waals surface area contributed by atoms with Gasteiger partial charge in [-0.05, 0) is 42.7 Å². The predicted octanol–water partition coefficient (Wildman–Crippen LogP) is 4.53. The van der Waals surface area contributed by atoms with Crippen LogP contribution in [-0.4, -0.2) is 34.1 Å². The van der Waals surface area contributed by atoms with E-state index in [2.05, 4.69) is 10.2 Å². The summed E-state index contributed by atoms with van der Waals surface area (Å²) in [7, 11) is 0. The second-order valence-electron chi connectivity index (χ2n) is 6.53. The van der Waals surface area contributed by atoms with Crippen LogP contribution in [-0.2, 0) is 6.42 Å². The van der Waals surface area contributed by atoms with Crippen molar-refractivity contribution >= 4 is 28.8 Å². The van der Waals surface area contributed by atoms with Crippen molar-refractivity contribution in [2.75, 3.05) is 13.1 Å². The van der Waals surface area contributed by atoms with Crippen molar-refractivity contribution in [1.29, 1.82) is 0 Å². The van der Waals surface area contributed by atoms with Gasteiger partial charge in [0.1, 0.15) is 5.82 Å². The van der Waals surface area contributed by atoms with Gasteiger partial charge in [0.15, 0.2) is 0 Å². The molecule has 2 aromatic heterocycles. The summed E-state index contributed by atoms with van der Waals surface area (Å²) in [6.45, 7) is 1.26. The van der Waals surface area contributed by atoms with Crippen LogP contribution in [0.3, 0.4) is 0 Å². The van der Waals surface area contributed by atoms with E-state index in [-0.39, 0.29) is 17.6 Å². The number of likely N-dealkylation sites (tertiary alicyclic amines) is 1. The lowest BCUT2D eigenvalue weighted by Gasteiger charge is -2.30. The zero-order valence-electron chi connectivity index (χ0n) is 14.4. The first-order valence-corrected chi connectivity index (χ1v) is 9.89. The molecule has 0 radical (unpaired) electrons. The van der Waals surface area contributed by atoms with E-state index < -0.39 is 0 Å². The molecule has 1 unspecified atom stereocenters. The number of carbonyl (C=O) groups is 1. The highest BCUT2D eigenvalue weighted by Gasteiger charge is 2.29. The van der Waals surface area contributed by atoms with E-state index in [1.807, 2.05) is 4.90 Å². The maximum atomic E-state index is 13.0. The molecule has 8 heteroatoms.